The average molecular weight is 469 g/mol. The van der Waals surface area contributed by atoms with Gasteiger partial charge in [-0.15, -0.1) is 0 Å². The topological polar surface area (TPSA) is 71.5 Å². The standard InChI is InChI=1S/C25H22F3N3O3/c1-16-10-20(7-8-22(16)34-21-6-3-9-29-13-21)30-24(33)18-12-23(32)31(15-18)14-17-4-2-5-19(11-17)25(26,27)28/h2-11,13,18H,12,14-15H2,1H3,(H,30,33). The Morgan fingerprint density at radius 2 is 2.00 bits per heavy atom. The highest BCUT2D eigenvalue weighted by Gasteiger charge is 2.35. The van der Waals surface area contributed by atoms with Crippen molar-refractivity contribution in [2.24, 2.45) is 5.92 Å². The number of rotatable bonds is 6. The van der Waals surface area contributed by atoms with Crippen molar-refractivity contribution in [2.75, 3.05) is 11.9 Å². The summed E-state index contributed by atoms with van der Waals surface area (Å²) in [6, 6.07) is 13.6. The van der Waals surface area contributed by atoms with Crippen LogP contribution in [-0.4, -0.2) is 28.2 Å². The molecule has 1 fully saturated rings. The molecule has 0 bridgehead atoms. The summed E-state index contributed by atoms with van der Waals surface area (Å²) in [4.78, 5) is 30.6. The molecule has 0 aliphatic carbocycles. The van der Waals surface area contributed by atoms with Gasteiger partial charge in [-0.1, -0.05) is 12.1 Å². The predicted molar refractivity (Wildman–Crippen MR) is 119 cm³/mol. The van der Waals surface area contributed by atoms with Crippen molar-refractivity contribution in [3.8, 4) is 11.5 Å². The maximum absolute atomic E-state index is 13.0. The van der Waals surface area contributed by atoms with Gasteiger partial charge < -0.3 is 15.0 Å². The number of pyridine rings is 1. The van der Waals surface area contributed by atoms with Gasteiger partial charge in [-0.05, 0) is 60.5 Å². The van der Waals surface area contributed by atoms with E-state index in [1.54, 1.807) is 42.7 Å². The first-order valence-corrected chi connectivity index (χ1v) is 10.6. The number of benzene rings is 2. The van der Waals surface area contributed by atoms with Crippen LogP contribution < -0.4 is 10.1 Å². The summed E-state index contributed by atoms with van der Waals surface area (Å²) in [5.74, 6) is 0.0288. The van der Waals surface area contributed by atoms with E-state index in [1.165, 1.54) is 17.0 Å². The molecular weight excluding hydrogens is 447 g/mol. The Morgan fingerprint density at radius 3 is 2.71 bits per heavy atom. The lowest BCUT2D eigenvalue weighted by molar-refractivity contribution is -0.137. The van der Waals surface area contributed by atoms with Crippen molar-refractivity contribution in [2.45, 2.75) is 26.1 Å². The molecule has 4 rings (SSSR count). The summed E-state index contributed by atoms with van der Waals surface area (Å²) in [6.07, 6.45) is -1.21. The normalized spacial score (nSPS) is 15.9. The molecule has 2 aromatic carbocycles. The van der Waals surface area contributed by atoms with E-state index < -0.39 is 17.7 Å². The number of aromatic nitrogens is 1. The Kier molecular flexibility index (Phi) is 6.54. The van der Waals surface area contributed by atoms with Crippen molar-refractivity contribution >= 4 is 17.5 Å². The zero-order valence-electron chi connectivity index (χ0n) is 18.3. The highest BCUT2D eigenvalue weighted by Crippen LogP contribution is 2.31. The molecule has 0 spiro atoms. The number of nitrogens with zero attached hydrogens (tertiary/aromatic N) is 2. The van der Waals surface area contributed by atoms with E-state index >= 15 is 0 Å². The molecule has 2 amide bonds. The number of carbonyl (C=O) groups excluding carboxylic acids is 2. The van der Waals surface area contributed by atoms with Gasteiger partial charge in [-0.3, -0.25) is 14.6 Å². The molecule has 1 aromatic heterocycles. The first-order chi connectivity index (χ1) is 16.2. The molecule has 1 atom stereocenters. The number of anilines is 1. The molecule has 1 saturated heterocycles. The SMILES string of the molecule is Cc1cc(NC(=O)C2CC(=O)N(Cc3cccc(C(F)(F)F)c3)C2)ccc1Oc1cccnc1. The van der Waals surface area contributed by atoms with E-state index in [0.717, 1.165) is 17.7 Å². The van der Waals surface area contributed by atoms with E-state index in [9.17, 15) is 22.8 Å². The lowest BCUT2D eigenvalue weighted by Gasteiger charge is -2.18. The largest absolute Gasteiger partial charge is 0.455 e. The Balaban J connectivity index is 1.37. The summed E-state index contributed by atoms with van der Waals surface area (Å²) in [7, 11) is 0. The predicted octanol–water partition coefficient (Wildman–Crippen LogP) is 5.19. The first-order valence-electron chi connectivity index (χ1n) is 10.6. The molecule has 6 nitrogen and oxygen atoms in total. The zero-order valence-corrected chi connectivity index (χ0v) is 18.3. The molecule has 176 valence electrons. The minimum absolute atomic E-state index is 0.00593. The smallest absolute Gasteiger partial charge is 0.416 e. The second kappa shape index (κ2) is 9.54. The third-order valence-electron chi connectivity index (χ3n) is 5.52. The fourth-order valence-corrected chi connectivity index (χ4v) is 3.79. The average Bonchev–Trinajstić information content (AvgIpc) is 3.16. The summed E-state index contributed by atoms with van der Waals surface area (Å²) < 4.78 is 44.6. The van der Waals surface area contributed by atoms with Crippen LogP contribution in [0.5, 0.6) is 11.5 Å². The molecule has 0 saturated carbocycles. The van der Waals surface area contributed by atoms with Gasteiger partial charge in [0.2, 0.25) is 11.8 Å². The molecule has 3 aromatic rings. The third kappa shape index (κ3) is 5.54. The van der Waals surface area contributed by atoms with Crippen molar-refractivity contribution in [3.63, 3.8) is 0 Å². The fourth-order valence-electron chi connectivity index (χ4n) is 3.79. The molecule has 0 radical (unpaired) electrons. The van der Waals surface area contributed by atoms with Gasteiger partial charge in [0, 0.05) is 31.4 Å². The molecule has 1 aliphatic rings. The molecular formula is C25H22F3N3O3. The minimum Gasteiger partial charge on any atom is -0.455 e. The van der Waals surface area contributed by atoms with Gasteiger partial charge in [-0.25, -0.2) is 0 Å². The monoisotopic (exact) mass is 469 g/mol. The van der Waals surface area contributed by atoms with Crippen LogP contribution in [0.15, 0.2) is 67.0 Å². The van der Waals surface area contributed by atoms with Gasteiger partial charge in [0.05, 0.1) is 17.7 Å². The summed E-state index contributed by atoms with van der Waals surface area (Å²) in [5.41, 5.74) is 0.960. The van der Waals surface area contributed by atoms with Crippen LogP contribution in [-0.2, 0) is 22.3 Å². The fraction of sp³-hybridized carbons (Fsp3) is 0.240. The Bertz CT molecular complexity index is 1200. The van der Waals surface area contributed by atoms with Crippen molar-refractivity contribution < 1.29 is 27.5 Å². The number of halogens is 3. The second-order valence-corrected chi connectivity index (χ2v) is 8.13. The Morgan fingerprint density at radius 1 is 1.18 bits per heavy atom. The van der Waals surface area contributed by atoms with Crippen LogP contribution >= 0.6 is 0 Å². The number of hydrogen-bond acceptors (Lipinski definition) is 4. The summed E-state index contributed by atoms with van der Waals surface area (Å²) >= 11 is 0. The second-order valence-electron chi connectivity index (χ2n) is 8.13. The third-order valence-corrected chi connectivity index (χ3v) is 5.52. The minimum atomic E-state index is -4.45. The number of amides is 2. The van der Waals surface area contributed by atoms with Gasteiger partial charge in [0.25, 0.3) is 0 Å². The molecule has 1 N–H and O–H groups in total. The van der Waals surface area contributed by atoms with Crippen LogP contribution in [0, 0.1) is 12.8 Å². The number of alkyl halides is 3. The van der Waals surface area contributed by atoms with Crippen molar-refractivity contribution in [1.82, 2.24) is 9.88 Å². The number of carbonyl (C=O) groups is 2. The van der Waals surface area contributed by atoms with Gasteiger partial charge >= 0.3 is 6.18 Å². The lowest BCUT2D eigenvalue weighted by Crippen LogP contribution is -2.28. The van der Waals surface area contributed by atoms with Crippen LogP contribution in [0.3, 0.4) is 0 Å². The first kappa shape index (κ1) is 23.3. The number of aryl methyl sites for hydroxylation is 1. The zero-order chi connectivity index (χ0) is 24.3. The van der Waals surface area contributed by atoms with Crippen molar-refractivity contribution in [1.29, 1.82) is 0 Å². The van der Waals surface area contributed by atoms with Gasteiger partial charge in [-0.2, -0.15) is 13.2 Å². The van der Waals surface area contributed by atoms with E-state index in [0.29, 0.717) is 22.7 Å². The van der Waals surface area contributed by atoms with E-state index in [1.807, 2.05) is 6.92 Å². The van der Waals surface area contributed by atoms with Crippen molar-refractivity contribution in [3.05, 3.63) is 83.7 Å². The van der Waals surface area contributed by atoms with E-state index in [4.69, 9.17) is 4.74 Å². The lowest BCUT2D eigenvalue weighted by atomic mass is 10.1. The van der Waals surface area contributed by atoms with Crippen LogP contribution in [0.4, 0.5) is 18.9 Å². The molecule has 2 heterocycles. The summed E-state index contributed by atoms with van der Waals surface area (Å²) in [5, 5.41) is 2.82. The van der Waals surface area contributed by atoms with Crippen LogP contribution in [0.2, 0.25) is 0 Å². The summed E-state index contributed by atoms with van der Waals surface area (Å²) in [6.45, 7) is 2.01. The molecule has 9 heteroatoms. The van der Waals surface area contributed by atoms with Gasteiger partial charge in [0.1, 0.15) is 11.5 Å². The maximum atomic E-state index is 13.0. The Labute approximate surface area is 194 Å². The number of nitrogens with one attached hydrogen (secondary N) is 1. The molecule has 34 heavy (non-hydrogen) atoms. The van der Waals surface area contributed by atoms with E-state index in [-0.39, 0.29) is 31.3 Å². The number of ether oxygens (including phenoxy) is 1. The van der Waals surface area contributed by atoms with Crippen LogP contribution in [0.25, 0.3) is 0 Å². The molecule has 1 aliphatic heterocycles. The van der Waals surface area contributed by atoms with E-state index in [2.05, 4.69) is 10.3 Å². The number of likely N-dealkylation sites (tertiary alicyclic amines) is 1. The highest BCUT2D eigenvalue weighted by atomic mass is 19.4. The Hall–Kier alpha value is -3.88. The molecule has 1 unspecified atom stereocenters. The quantitative estimate of drug-likeness (QED) is 0.540. The highest BCUT2D eigenvalue weighted by molar-refractivity contribution is 5.97. The van der Waals surface area contributed by atoms with Gasteiger partial charge in [0.15, 0.2) is 0 Å². The number of hydrogen-bond donors (Lipinski definition) is 1. The maximum Gasteiger partial charge on any atom is 0.416 e. The van der Waals surface area contributed by atoms with Crippen LogP contribution in [0.1, 0.15) is 23.1 Å².